The second-order valence-corrected chi connectivity index (χ2v) is 7.13. The smallest absolute Gasteiger partial charge is 0.261 e. The molecule has 3 aromatic rings. The molecule has 2 N–H and O–H groups in total. The number of carbonyl (C=O) groups excluding carboxylic acids is 2. The maximum Gasteiger partial charge on any atom is 0.261 e. The van der Waals surface area contributed by atoms with Gasteiger partial charge in [0.05, 0.1) is 30.0 Å². The highest BCUT2D eigenvalue weighted by atomic mass is 16.5. The lowest BCUT2D eigenvalue weighted by Crippen LogP contribution is -2.30. The average Bonchev–Trinajstić information content (AvgIpc) is 3.09. The van der Waals surface area contributed by atoms with E-state index in [0.29, 0.717) is 53.7 Å². The predicted octanol–water partition coefficient (Wildman–Crippen LogP) is 3.09. The minimum atomic E-state index is -0.246. The Morgan fingerprint density at radius 3 is 2.55 bits per heavy atom. The van der Waals surface area contributed by atoms with Crippen LogP contribution in [0.3, 0.4) is 0 Å². The predicted molar refractivity (Wildman–Crippen MR) is 124 cm³/mol. The third-order valence-corrected chi connectivity index (χ3v) is 5.01. The van der Waals surface area contributed by atoms with Crippen LogP contribution in [-0.2, 0) is 0 Å². The third-order valence-electron chi connectivity index (χ3n) is 5.01. The molecule has 0 unspecified atom stereocenters. The molecule has 0 radical (unpaired) electrons. The number of carbonyl (C=O) groups is 2. The van der Waals surface area contributed by atoms with Gasteiger partial charge < -0.3 is 15.4 Å². The summed E-state index contributed by atoms with van der Waals surface area (Å²) in [6.45, 7) is 0.328. The van der Waals surface area contributed by atoms with Gasteiger partial charge in [-0.2, -0.15) is 4.98 Å². The Kier molecular flexibility index (Phi) is 6.45. The zero-order valence-corrected chi connectivity index (χ0v) is 18.3. The molecule has 1 aromatic carbocycles. The highest BCUT2D eigenvalue weighted by molar-refractivity contribution is 6.21. The Morgan fingerprint density at radius 2 is 1.85 bits per heavy atom. The average molecular weight is 442 g/mol. The quantitative estimate of drug-likeness (QED) is 0.326. The lowest BCUT2D eigenvalue weighted by Gasteiger charge is -2.12. The van der Waals surface area contributed by atoms with Gasteiger partial charge in [-0.05, 0) is 24.6 Å². The van der Waals surface area contributed by atoms with Crippen LogP contribution in [0.2, 0.25) is 0 Å². The lowest BCUT2D eigenvalue weighted by molar-refractivity contribution is 0.0653. The molecule has 166 valence electrons. The number of imide groups is 1. The molecular formula is C24H22N6O3. The number of rotatable bonds is 7. The zero-order chi connectivity index (χ0) is 23.2. The van der Waals surface area contributed by atoms with E-state index in [1.54, 1.807) is 62.9 Å². The van der Waals surface area contributed by atoms with Crippen LogP contribution in [0.15, 0.2) is 48.8 Å². The zero-order valence-electron chi connectivity index (χ0n) is 18.3. The largest absolute Gasteiger partial charge is 0.481 e. The maximum atomic E-state index is 12.4. The lowest BCUT2D eigenvalue weighted by atomic mass is 10.1. The Labute approximate surface area is 191 Å². The Balaban J connectivity index is 1.35. The molecule has 0 spiro atoms. The van der Waals surface area contributed by atoms with Gasteiger partial charge in [0.2, 0.25) is 11.8 Å². The third kappa shape index (κ3) is 4.75. The van der Waals surface area contributed by atoms with Crippen molar-refractivity contribution in [2.75, 3.05) is 31.3 Å². The topological polar surface area (TPSA) is 109 Å². The molecule has 4 rings (SSSR count). The van der Waals surface area contributed by atoms with E-state index in [1.165, 1.54) is 4.90 Å². The monoisotopic (exact) mass is 442 g/mol. The van der Waals surface area contributed by atoms with Crippen molar-refractivity contribution >= 4 is 29.3 Å². The first kappa shape index (κ1) is 21.8. The summed E-state index contributed by atoms with van der Waals surface area (Å²) < 4.78 is 5.12. The summed E-state index contributed by atoms with van der Waals surface area (Å²) in [5.74, 6) is 7.11. The number of hydrogen-bond acceptors (Lipinski definition) is 8. The first-order chi connectivity index (χ1) is 16.1. The number of unbranched alkanes of at least 4 members (excludes halogenated alkanes) is 1. The summed E-state index contributed by atoms with van der Waals surface area (Å²) in [7, 11) is 3.31. The van der Waals surface area contributed by atoms with E-state index in [4.69, 9.17) is 4.74 Å². The molecule has 0 saturated heterocycles. The van der Waals surface area contributed by atoms with E-state index in [2.05, 4.69) is 37.4 Å². The van der Waals surface area contributed by atoms with Gasteiger partial charge >= 0.3 is 0 Å². The summed E-state index contributed by atoms with van der Waals surface area (Å²) in [6, 6.07) is 10.4. The molecule has 0 saturated carbocycles. The number of pyridine rings is 1. The van der Waals surface area contributed by atoms with E-state index in [1.807, 2.05) is 0 Å². The first-order valence-electron chi connectivity index (χ1n) is 10.4. The van der Waals surface area contributed by atoms with Crippen LogP contribution in [0.5, 0.6) is 5.88 Å². The van der Waals surface area contributed by atoms with Gasteiger partial charge in [0.1, 0.15) is 5.82 Å². The number of methoxy groups -OCH3 is 1. The summed E-state index contributed by atoms with van der Waals surface area (Å²) in [6.07, 6.45) is 4.36. The molecule has 9 heteroatoms. The highest BCUT2D eigenvalue weighted by Gasteiger charge is 2.34. The number of amides is 2. The van der Waals surface area contributed by atoms with E-state index >= 15 is 0 Å². The number of hydrogen-bond donors (Lipinski definition) is 2. The molecule has 2 amide bonds. The van der Waals surface area contributed by atoms with Gasteiger partial charge in [0, 0.05) is 38.0 Å². The Morgan fingerprint density at radius 1 is 1.09 bits per heavy atom. The number of fused-ring (bicyclic) bond motifs is 1. The molecule has 2 aromatic heterocycles. The molecule has 0 bridgehead atoms. The SMILES string of the molecule is CNc1nc(Nc2ccnc(OC)c2)ncc1C#CCCCN1C(=O)c2ccccc2C1=O. The molecule has 9 nitrogen and oxygen atoms in total. The van der Waals surface area contributed by atoms with Crippen LogP contribution in [-0.4, -0.2) is 52.4 Å². The maximum absolute atomic E-state index is 12.4. The van der Waals surface area contributed by atoms with Crippen molar-refractivity contribution in [3.63, 3.8) is 0 Å². The van der Waals surface area contributed by atoms with Gasteiger partial charge in [-0.1, -0.05) is 24.0 Å². The number of aromatic nitrogens is 3. The van der Waals surface area contributed by atoms with Crippen molar-refractivity contribution in [3.05, 3.63) is 65.5 Å². The fraction of sp³-hybridized carbons (Fsp3) is 0.208. The minimum absolute atomic E-state index is 0.246. The number of nitrogens with one attached hydrogen (secondary N) is 2. The van der Waals surface area contributed by atoms with Crippen LogP contribution in [0.25, 0.3) is 0 Å². The number of anilines is 3. The fourth-order valence-electron chi connectivity index (χ4n) is 3.38. The van der Waals surface area contributed by atoms with E-state index in [-0.39, 0.29) is 11.8 Å². The molecule has 33 heavy (non-hydrogen) atoms. The van der Waals surface area contributed by atoms with Crippen LogP contribution in [0.1, 0.15) is 39.1 Å². The van der Waals surface area contributed by atoms with Crippen LogP contribution < -0.4 is 15.4 Å². The summed E-state index contributed by atoms with van der Waals surface area (Å²) in [5.41, 5.74) is 2.32. The highest BCUT2D eigenvalue weighted by Crippen LogP contribution is 2.23. The van der Waals surface area contributed by atoms with Gasteiger partial charge in [0.25, 0.3) is 11.8 Å². The second-order valence-electron chi connectivity index (χ2n) is 7.13. The van der Waals surface area contributed by atoms with E-state index in [9.17, 15) is 9.59 Å². The van der Waals surface area contributed by atoms with Gasteiger partial charge in [-0.3, -0.25) is 14.5 Å². The van der Waals surface area contributed by atoms with Gasteiger partial charge in [-0.25, -0.2) is 9.97 Å². The molecule has 1 aliphatic heterocycles. The Bertz CT molecular complexity index is 1230. The molecule has 0 fully saturated rings. The summed E-state index contributed by atoms with van der Waals surface area (Å²) in [4.78, 5) is 38.9. The van der Waals surface area contributed by atoms with E-state index < -0.39 is 0 Å². The molecular weight excluding hydrogens is 420 g/mol. The van der Waals surface area contributed by atoms with Crippen molar-refractivity contribution in [2.24, 2.45) is 0 Å². The number of ether oxygens (including phenoxy) is 1. The fourth-order valence-corrected chi connectivity index (χ4v) is 3.38. The second kappa shape index (κ2) is 9.78. The van der Waals surface area contributed by atoms with Crippen LogP contribution >= 0.6 is 0 Å². The van der Waals surface area contributed by atoms with Crippen molar-refractivity contribution < 1.29 is 14.3 Å². The van der Waals surface area contributed by atoms with Gasteiger partial charge in [0.15, 0.2) is 0 Å². The molecule has 0 aliphatic carbocycles. The number of nitrogens with zero attached hydrogens (tertiary/aromatic N) is 4. The molecule has 3 heterocycles. The summed E-state index contributed by atoms with van der Waals surface area (Å²) in [5, 5.41) is 6.13. The van der Waals surface area contributed by atoms with Crippen molar-refractivity contribution in [2.45, 2.75) is 12.8 Å². The van der Waals surface area contributed by atoms with Crippen LogP contribution in [0, 0.1) is 11.8 Å². The van der Waals surface area contributed by atoms with Crippen LogP contribution in [0.4, 0.5) is 17.5 Å². The van der Waals surface area contributed by atoms with Gasteiger partial charge in [-0.15, -0.1) is 0 Å². The van der Waals surface area contributed by atoms with E-state index in [0.717, 1.165) is 5.69 Å². The number of benzene rings is 1. The summed E-state index contributed by atoms with van der Waals surface area (Å²) >= 11 is 0. The molecule has 1 aliphatic rings. The van der Waals surface area contributed by atoms with Crippen molar-refractivity contribution in [3.8, 4) is 17.7 Å². The minimum Gasteiger partial charge on any atom is -0.481 e. The van der Waals surface area contributed by atoms with Crippen molar-refractivity contribution in [1.82, 2.24) is 19.9 Å². The normalized spacial score (nSPS) is 12.1. The first-order valence-corrected chi connectivity index (χ1v) is 10.4. The standard InChI is InChI=1S/C24H22N6O3/c1-25-21-16(15-27-24(29-21)28-17-11-12-26-20(14-17)33-2)8-4-3-7-13-30-22(31)18-9-5-6-10-19(18)23(30)32/h5-6,9-12,14-15H,3,7,13H2,1-2H3,(H2,25,26,27,28,29). The Hall–Kier alpha value is -4.45. The van der Waals surface area contributed by atoms with Crippen molar-refractivity contribution in [1.29, 1.82) is 0 Å². The molecule has 0 atom stereocenters.